The van der Waals surface area contributed by atoms with Crippen LogP contribution in [0, 0.1) is 0 Å². The number of carbonyl (C=O) groups is 4. The topological polar surface area (TPSA) is 126 Å². The molecular weight excluding hydrogens is 593 g/mol. The minimum Gasteiger partial charge on any atom is -0.347 e. The van der Waals surface area contributed by atoms with E-state index in [4.69, 9.17) is 9.47 Å². The predicted molar refractivity (Wildman–Crippen MR) is 159 cm³/mol. The van der Waals surface area contributed by atoms with E-state index in [0.717, 1.165) is 0 Å². The molecule has 0 unspecified atom stereocenters. The van der Waals surface area contributed by atoms with E-state index in [9.17, 15) is 32.3 Å². The van der Waals surface area contributed by atoms with Gasteiger partial charge in [0.2, 0.25) is 17.7 Å². The summed E-state index contributed by atoms with van der Waals surface area (Å²) in [7, 11) is 0. The highest BCUT2D eigenvalue weighted by Gasteiger charge is 2.42. The van der Waals surface area contributed by atoms with Crippen LogP contribution in [0.25, 0.3) is 0 Å². The maximum atomic E-state index is 13.9. The fraction of sp³-hybridized carbons (Fsp3) is 0.438. The molecule has 4 atom stereocenters. The normalized spacial score (nSPS) is 20.9. The van der Waals surface area contributed by atoms with Gasteiger partial charge < -0.3 is 30.3 Å². The lowest BCUT2D eigenvalue weighted by Crippen LogP contribution is -2.57. The summed E-state index contributed by atoms with van der Waals surface area (Å²) in [5, 5.41) is 7.12. The predicted octanol–water partition coefficient (Wildman–Crippen LogP) is 3.49. The summed E-state index contributed by atoms with van der Waals surface area (Å²) in [5.41, 5.74) is 1.06. The Labute approximate surface area is 259 Å². The summed E-state index contributed by atoms with van der Waals surface area (Å²) in [4.78, 5) is 53.8. The number of ether oxygens (including phenoxy) is 2. The highest BCUT2D eigenvalue weighted by atomic mass is 19.4. The molecule has 45 heavy (non-hydrogen) atoms. The van der Waals surface area contributed by atoms with Crippen molar-refractivity contribution in [3.63, 3.8) is 0 Å². The van der Waals surface area contributed by atoms with Gasteiger partial charge >= 0.3 is 12.1 Å². The lowest BCUT2D eigenvalue weighted by atomic mass is 10.0. The van der Waals surface area contributed by atoms with Gasteiger partial charge in [0.25, 0.3) is 0 Å². The molecule has 2 aliphatic rings. The molecule has 242 valence electrons. The molecule has 0 spiro atoms. The van der Waals surface area contributed by atoms with Gasteiger partial charge in [0.1, 0.15) is 24.2 Å². The van der Waals surface area contributed by atoms with Crippen molar-refractivity contribution in [1.82, 2.24) is 15.5 Å². The second-order valence-corrected chi connectivity index (χ2v) is 11.4. The second-order valence-electron chi connectivity index (χ2n) is 11.4. The minimum atomic E-state index is -5.22. The van der Waals surface area contributed by atoms with Crippen LogP contribution < -0.4 is 16.0 Å². The third-order valence-corrected chi connectivity index (χ3v) is 7.41. The van der Waals surface area contributed by atoms with E-state index >= 15 is 0 Å². The van der Waals surface area contributed by atoms with Gasteiger partial charge in [0.05, 0.1) is 6.61 Å². The number of hydrogen-bond acceptors (Lipinski definition) is 6. The smallest absolute Gasteiger partial charge is 0.347 e. The molecule has 2 aromatic carbocycles. The summed E-state index contributed by atoms with van der Waals surface area (Å²) in [5.74, 6) is -5.03. The Morgan fingerprint density at radius 2 is 1.67 bits per heavy atom. The third kappa shape index (κ3) is 9.63. The van der Waals surface area contributed by atoms with Crippen molar-refractivity contribution >= 4 is 29.3 Å². The van der Waals surface area contributed by atoms with Crippen molar-refractivity contribution in [2.75, 3.05) is 18.5 Å². The molecule has 2 saturated heterocycles. The third-order valence-electron chi connectivity index (χ3n) is 7.41. The van der Waals surface area contributed by atoms with Crippen molar-refractivity contribution in [2.24, 2.45) is 0 Å². The van der Waals surface area contributed by atoms with E-state index in [1.807, 2.05) is 0 Å². The first kappa shape index (κ1) is 33.7. The Balaban J connectivity index is 1.54. The molecule has 4 amide bonds. The van der Waals surface area contributed by atoms with Crippen LogP contribution in [0.2, 0.25) is 0 Å². The van der Waals surface area contributed by atoms with Crippen molar-refractivity contribution in [3.05, 3.63) is 78.4 Å². The number of anilines is 1. The molecule has 2 heterocycles. The zero-order valence-corrected chi connectivity index (χ0v) is 25.0. The van der Waals surface area contributed by atoms with E-state index in [1.165, 1.54) is 4.90 Å². The molecule has 0 radical (unpaired) electrons. The fourth-order valence-corrected chi connectivity index (χ4v) is 5.22. The summed E-state index contributed by atoms with van der Waals surface area (Å²) in [6.45, 7) is 4.02. The first-order chi connectivity index (χ1) is 21.3. The van der Waals surface area contributed by atoms with E-state index in [0.29, 0.717) is 24.1 Å². The molecule has 0 bridgehead atoms. The molecule has 0 aliphatic carbocycles. The Hall–Kier alpha value is -4.23. The van der Waals surface area contributed by atoms with Gasteiger partial charge in [-0.25, -0.2) is 0 Å². The Kier molecular flexibility index (Phi) is 11.0. The molecule has 4 rings (SSSR count). The molecule has 2 aromatic rings. The van der Waals surface area contributed by atoms with Crippen LogP contribution in [0.3, 0.4) is 0 Å². The molecule has 2 fully saturated rings. The number of rotatable bonds is 11. The van der Waals surface area contributed by atoms with Crippen LogP contribution in [0.5, 0.6) is 0 Å². The van der Waals surface area contributed by atoms with E-state index < -0.39 is 59.8 Å². The molecular formula is C32H37F3N4O6. The number of alkyl halides is 3. The highest BCUT2D eigenvalue weighted by molar-refractivity contribution is 5.99. The Bertz CT molecular complexity index is 1370. The minimum absolute atomic E-state index is 0.0559. The largest absolute Gasteiger partial charge is 0.471 e. The number of likely N-dealkylation sites (tertiary alicyclic amines) is 1. The average molecular weight is 631 g/mol. The van der Waals surface area contributed by atoms with Gasteiger partial charge in [-0.3, -0.25) is 19.2 Å². The van der Waals surface area contributed by atoms with Crippen LogP contribution >= 0.6 is 0 Å². The van der Waals surface area contributed by atoms with E-state index in [-0.39, 0.29) is 26.0 Å². The van der Waals surface area contributed by atoms with E-state index in [2.05, 4.69) is 10.6 Å². The van der Waals surface area contributed by atoms with Gasteiger partial charge in [-0.1, -0.05) is 60.7 Å². The monoisotopic (exact) mass is 630 g/mol. The number of halogens is 3. The molecule has 0 aromatic heterocycles. The van der Waals surface area contributed by atoms with Crippen LogP contribution in [0.1, 0.15) is 38.7 Å². The quantitative estimate of drug-likeness (QED) is 0.327. The number of nitrogens with one attached hydrogen (secondary N) is 3. The standard InChI is InChI=1S/C32H37F3N4O6/c1-31(2)44-20-23(45-31)15-9-16-24(29(42)39-18-10-17-26(39)28(41)36-22-13-7-4-8-14-22)37-27(40)25(38-30(43)32(33,34)35)19-21-11-5-3-6-12-21/h3-9,11-15,23-26H,10,16-20H2,1-2H3,(H,36,41)(H,37,40)(H,38,43)/b15-9+/t23-,24-,25-,26-/m0/s1. The van der Waals surface area contributed by atoms with Crippen LogP contribution in [0.4, 0.5) is 18.9 Å². The molecule has 3 N–H and O–H groups in total. The van der Waals surface area contributed by atoms with Crippen molar-refractivity contribution in [1.29, 1.82) is 0 Å². The van der Waals surface area contributed by atoms with Gasteiger partial charge in [-0.15, -0.1) is 0 Å². The number of hydrogen-bond donors (Lipinski definition) is 3. The lowest BCUT2D eigenvalue weighted by molar-refractivity contribution is -0.174. The maximum absolute atomic E-state index is 13.9. The maximum Gasteiger partial charge on any atom is 0.471 e. The van der Waals surface area contributed by atoms with Gasteiger partial charge in [-0.05, 0) is 50.8 Å². The average Bonchev–Trinajstić information content (AvgIpc) is 3.62. The van der Waals surface area contributed by atoms with Crippen molar-refractivity contribution in [2.45, 2.75) is 75.7 Å². The van der Waals surface area contributed by atoms with E-state index in [1.54, 1.807) is 92.0 Å². The van der Waals surface area contributed by atoms with Gasteiger partial charge in [-0.2, -0.15) is 13.2 Å². The fourth-order valence-electron chi connectivity index (χ4n) is 5.22. The number of nitrogens with zero attached hydrogens (tertiary/aromatic N) is 1. The lowest BCUT2D eigenvalue weighted by Gasteiger charge is -2.29. The molecule has 2 aliphatic heterocycles. The molecule has 13 heteroatoms. The SMILES string of the molecule is CC1(C)OC[C@H](/C=C/C[C@H](NC(=O)[C@H](Cc2ccccc2)NC(=O)C(F)(F)F)C(=O)N2CCC[C@H]2C(=O)Nc2ccccc2)O1. The van der Waals surface area contributed by atoms with Crippen molar-refractivity contribution in [3.8, 4) is 0 Å². The van der Waals surface area contributed by atoms with Crippen LogP contribution in [0.15, 0.2) is 72.8 Å². The summed E-state index contributed by atoms with van der Waals surface area (Å²) in [6, 6.07) is 13.3. The number of para-hydroxylation sites is 1. The van der Waals surface area contributed by atoms with Gasteiger partial charge in [0.15, 0.2) is 5.79 Å². The second kappa shape index (κ2) is 14.7. The first-order valence-electron chi connectivity index (χ1n) is 14.7. The zero-order chi connectivity index (χ0) is 32.6. The first-order valence-corrected chi connectivity index (χ1v) is 14.7. The number of carbonyl (C=O) groups excluding carboxylic acids is 4. The molecule has 10 nitrogen and oxygen atoms in total. The molecule has 0 saturated carbocycles. The van der Waals surface area contributed by atoms with Gasteiger partial charge in [0, 0.05) is 18.7 Å². The summed E-state index contributed by atoms with van der Waals surface area (Å²) >= 11 is 0. The van der Waals surface area contributed by atoms with Crippen LogP contribution in [-0.2, 0) is 35.1 Å². The highest BCUT2D eigenvalue weighted by Crippen LogP contribution is 2.24. The van der Waals surface area contributed by atoms with Crippen molar-refractivity contribution < 1.29 is 41.8 Å². The summed E-state index contributed by atoms with van der Waals surface area (Å²) in [6.07, 6.45) is -1.72. The number of amides is 4. The number of benzene rings is 2. The van der Waals surface area contributed by atoms with Crippen LogP contribution in [-0.4, -0.2) is 77.9 Å². The Morgan fingerprint density at radius 1 is 1.00 bits per heavy atom. The Morgan fingerprint density at radius 3 is 2.29 bits per heavy atom. The summed E-state index contributed by atoms with van der Waals surface area (Å²) < 4.78 is 50.8. The zero-order valence-electron chi connectivity index (χ0n) is 25.0.